The molecule has 0 aliphatic heterocycles. The molecular weight excluding hydrogens is 214 g/mol. The zero-order valence-corrected chi connectivity index (χ0v) is 8.79. The molecule has 0 bridgehead atoms. The lowest BCUT2D eigenvalue weighted by atomic mass is 10.1. The van der Waals surface area contributed by atoms with E-state index in [4.69, 9.17) is 10.5 Å². The molecule has 80 valence electrons. The summed E-state index contributed by atoms with van der Waals surface area (Å²) < 4.78 is 0.340. The quantitative estimate of drug-likeness (QED) is 0.321. The smallest absolute Gasteiger partial charge is 0.373 e. The van der Waals surface area contributed by atoms with Crippen molar-refractivity contribution in [3.63, 3.8) is 0 Å². The molecule has 0 fully saturated rings. The van der Waals surface area contributed by atoms with Gasteiger partial charge in [-0.2, -0.15) is 10.5 Å². The van der Waals surface area contributed by atoms with E-state index in [0.29, 0.717) is 4.74 Å². The fourth-order valence-corrected chi connectivity index (χ4v) is 1.55. The topological polar surface area (TPSA) is 73.6 Å². The number of nitriles is 2. The summed E-state index contributed by atoms with van der Waals surface area (Å²) in [5, 5.41) is 30.8. The number of benzene rings is 2. The average molecular weight is 221 g/mol. The van der Waals surface area contributed by atoms with Crippen LogP contribution in [0.3, 0.4) is 0 Å². The maximum Gasteiger partial charge on any atom is 0.373 e. The fraction of sp³-hybridized carbons (Fsp3) is 0. The molecule has 2 aromatic rings. The molecule has 4 heteroatoms. The molecular formula is C13H7N3O. The molecule has 0 N–H and O–H groups in total. The Morgan fingerprint density at radius 1 is 1.00 bits per heavy atom. The van der Waals surface area contributed by atoms with E-state index in [1.54, 1.807) is 30.3 Å². The van der Waals surface area contributed by atoms with Gasteiger partial charge in [-0.15, -0.1) is 4.74 Å². The Hall–Kier alpha value is -2.85. The van der Waals surface area contributed by atoms with Crippen molar-refractivity contribution in [1.82, 2.24) is 0 Å². The molecule has 2 aromatic carbocycles. The predicted molar refractivity (Wildman–Crippen MR) is 63.5 cm³/mol. The number of rotatable bonds is 1. The van der Waals surface area contributed by atoms with Gasteiger partial charge in [0.2, 0.25) is 5.69 Å². The van der Waals surface area contributed by atoms with Gasteiger partial charge in [-0.1, -0.05) is 24.3 Å². The van der Waals surface area contributed by atoms with Crippen LogP contribution in [0.5, 0.6) is 0 Å². The molecule has 17 heavy (non-hydrogen) atoms. The minimum Gasteiger partial charge on any atom is -0.617 e. The van der Waals surface area contributed by atoms with E-state index in [1.807, 2.05) is 24.3 Å². The second-order valence-electron chi connectivity index (χ2n) is 3.40. The Morgan fingerprint density at radius 3 is 2.29 bits per heavy atom. The van der Waals surface area contributed by atoms with Crippen molar-refractivity contribution in [3.05, 3.63) is 47.7 Å². The number of fused-ring (bicyclic) bond motifs is 1. The van der Waals surface area contributed by atoms with E-state index >= 15 is 0 Å². The van der Waals surface area contributed by atoms with Gasteiger partial charge in [0.1, 0.15) is 0 Å². The lowest BCUT2D eigenvalue weighted by Gasteiger charge is -2.03. The van der Waals surface area contributed by atoms with Gasteiger partial charge < -0.3 is 5.21 Å². The summed E-state index contributed by atoms with van der Waals surface area (Å²) in [7, 11) is 0. The summed E-state index contributed by atoms with van der Waals surface area (Å²) in [5.74, 6) is 0. The van der Waals surface area contributed by atoms with Crippen molar-refractivity contribution in [1.29, 1.82) is 10.5 Å². The van der Waals surface area contributed by atoms with Crippen LogP contribution in [0.15, 0.2) is 42.5 Å². The molecule has 0 amide bonds. The number of nitrogens with zero attached hydrogens (tertiary/aromatic N) is 3. The zero-order chi connectivity index (χ0) is 12.3. The molecule has 0 atom stereocenters. The van der Waals surface area contributed by atoms with Crippen LogP contribution in [0.4, 0.5) is 5.69 Å². The van der Waals surface area contributed by atoms with Crippen LogP contribution in [0.25, 0.3) is 10.8 Å². The van der Waals surface area contributed by atoms with Crippen LogP contribution in [0, 0.1) is 27.9 Å². The fourth-order valence-electron chi connectivity index (χ4n) is 1.55. The van der Waals surface area contributed by atoms with Gasteiger partial charge in [-0.25, -0.2) is 0 Å². The minimum absolute atomic E-state index is 0.279. The third-order valence-electron chi connectivity index (χ3n) is 2.38. The summed E-state index contributed by atoms with van der Waals surface area (Å²) in [6.07, 6.45) is 0. The van der Waals surface area contributed by atoms with Gasteiger partial charge in [0.25, 0.3) is 0 Å². The molecule has 2 rings (SSSR count). The Bertz CT molecular complexity index is 674. The summed E-state index contributed by atoms with van der Waals surface area (Å²) >= 11 is 0. The first kappa shape index (κ1) is 10.7. The van der Waals surface area contributed by atoms with Crippen molar-refractivity contribution < 1.29 is 4.74 Å². The van der Waals surface area contributed by atoms with Crippen molar-refractivity contribution in [2.24, 2.45) is 0 Å². The van der Waals surface area contributed by atoms with E-state index in [9.17, 15) is 5.21 Å². The third kappa shape index (κ3) is 1.92. The van der Waals surface area contributed by atoms with E-state index in [-0.39, 0.29) is 5.69 Å². The lowest BCUT2D eigenvalue weighted by Crippen LogP contribution is -2.06. The SMILES string of the molecule is N#CC(C#N)=[N+]([O-])c1ccc2ccccc2c1. The standard InChI is InChI=1S/C13H7N3O/c14-8-13(9-15)16(17)12-6-5-10-3-1-2-4-11(10)7-12/h1-7H. The molecule has 0 radical (unpaired) electrons. The monoisotopic (exact) mass is 221 g/mol. The minimum atomic E-state index is -0.472. The first-order chi connectivity index (χ1) is 8.26. The Morgan fingerprint density at radius 2 is 1.65 bits per heavy atom. The zero-order valence-electron chi connectivity index (χ0n) is 8.79. The molecule has 0 heterocycles. The molecule has 0 saturated carbocycles. The summed E-state index contributed by atoms with van der Waals surface area (Å²) in [5.41, 5.74) is -0.193. The van der Waals surface area contributed by atoms with Gasteiger partial charge in [-0.05, 0) is 16.8 Å². The van der Waals surface area contributed by atoms with Crippen molar-refractivity contribution in [2.45, 2.75) is 0 Å². The highest BCUT2D eigenvalue weighted by Crippen LogP contribution is 2.20. The first-order valence-electron chi connectivity index (χ1n) is 4.89. The Balaban J connectivity index is 2.63. The number of hydrogen-bond donors (Lipinski definition) is 0. The van der Waals surface area contributed by atoms with Crippen molar-refractivity contribution >= 4 is 22.2 Å². The highest BCUT2D eigenvalue weighted by molar-refractivity contribution is 6.07. The summed E-state index contributed by atoms with van der Waals surface area (Å²) in [6.45, 7) is 0. The van der Waals surface area contributed by atoms with Gasteiger partial charge >= 0.3 is 5.71 Å². The van der Waals surface area contributed by atoms with Crippen LogP contribution in [-0.4, -0.2) is 10.5 Å². The van der Waals surface area contributed by atoms with E-state index in [1.165, 1.54) is 0 Å². The Labute approximate surface area is 97.8 Å². The highest BCUT2D eigenvalue weighted by Gasteiger charge is 2.10. The molecule has 0 unspecified atom stereocenters. The lowest BCUT2D eigenvalue weighted by molar-refractivity contribution is -0.357. The normalized spacial score (nSPS) is 9.29. The van der Waals surface area contributed by atoms with Crippen molar-refractivity contribution in [2.75, 3.05) is 0 Å². The van der Waals surface area contributed by atoms with Crippen LogP contribution >= 0.6 is 0 Å². The van der Waals surface area contributed by atoms with Gasteiger partial charge in [0, 0.05) is 12.1 Å². The third-order valence-corrected chi connectivity index (χ3v) is 2.38. The van der Waals surface area contributed by atoms with Crippen LogP contribution in [0.2, 0.25) is 0 Å². The van der Waals surface area contributed by atoms with Crippen LogP contribution in [0.1, 0.15) is 0 Å². The highest BCUT2D eigenvalue weighted by atomic mass is 16.5. The maximum absolute atomic E-state index is 11.7. The molecule has 0 aromatic heterocycles. The summed E-state index contributed by atoms with van der Waals surface area (Å²) in [4.78, 5) is 0. The predicted octanol–water partition coefficient (Wildman–Crippen LogP) is 2.47. The number of hydrogen-bond acceptors (Lipinski definition) is 3. The van der Waals surface area contributed by atoms with Crippen molar-refractivity contribution in [3.8, 4) is 12.1 Å². The largest absolute Gasteiger partial charge is 0.617 e. The van der Waals surface area contributed by atoms with Crippen LogP contribution in [-0.2, 0) is 0 Å². The van der Waals surface area contributed by atoms with E-state index in [2.05, 4.69) is 0 Å². The second kappa shape index (κ2) is 4.34. The molecule has 0 aliphatic rings. The van der Waals surface area contributed by atoms with Gasteiger partial charge in [0.05, 0.1) is 0 Å². The molecule has 0 spiro atoms. The first-order valence-corrected chi connectivity index (χ1v) is 4.89. The second-order valence-corrected chi connectivity index (χ2v) is 3.40. The van der Waals surface area contributed by atoms with Gasteiger partial charge in [-0.3, -0.25) is 0 Å². The maximum atomic E-state index is 11.7. The Kier molecular flexibility index (Phi) is 2.72. The average Bonchev–Trinajstić information content (AvgIpc) is 2.39. The molecule has 0 saturated heterocycles. The van der Waals surface area contributed by atoms with E-state index < -0.39 is 5.71 Å². The molecule has 0 aliphatic carbocycles. The molecule has 4 nitrogen and oxygen atoms in total. The van der Waals surface area contributed by atoms with Crippen LogP contribution < -0.4 is 0 Å². The summed E-state index contributed by atoms with van der Waals surface area (Å²) in [6, 6.07) is 15.7. The van der Waals surface area contributed by atoms with Gasteiger partial charge in [0.15, 0.2) is 12.1 Å². The van der Waals surface area contributed by atoms with E-state index in [0.717, 1.165) is 10.8 Å².